The number of alkyl halides is 4. The van der Waals surface area contributed by atoms with Crippen LogP contribution in [0.5, 0.6) is 0 Å². The maximum Gasteiger partial charge on any atom is 0.407 e. The number of amides is 1. The molecular formula is C18H21Cl4NO8. The van der Waals surface area contributed by atoms with Gasteiger partial charge in [0.2, 0.25) is 3.79 Å². The average molecular weight is 521 g/mol. The Balaban J connectivity index is 2.02. The van der Waals surface area contributed by atoms with Crippen molar-refractivity contribution in [2.75, 3.05) is 19.1 Å². The Morgan fingerprint density at radius 3 is 2.45 bits per heavy atom. The summed E-state index contributed by atoms with van der Waals surface area (Å²) in [6, 6.07) is 7.84. The van der Waals surface area contributed by atoms with Crippen LogP contribution in [0.1, 0.15) is 5.56 Å². The van der Waals surface area contributed by atoms with Crippen molar-refractivity contribution >= 4 is 58.5 Å². The van der Waals surface area contributed by atoms with E-state index in [4.69, 9.17) is 65.4 Å². The molecular weight excluding hydrogens is 500 g/mol. The van der Waals surface area contributed by atoms with E-state index in [9.17, 15) is 19.8 Å². The fourth-order valence-electron chi connectivity index (χ4n) is 2.74. The molecule has 1 amide bonds. The van der Waals surface area contributed by atoms with E-state index in [-0.39, 0.29) is 13.2 Å². The molecule has 5 atom stereocenters. The van der Waals surface area contributed by atoms with Gasteiger partial charge in [0, 0.05) is 0 Å². The molecule has 174 valence electrons. The molecule has 1 aliphatic heterocycles. The van der Waals surface area contributed by atoms with Gasteiger partial charge in [-0.25, -0.2) is 4.79 Å². The second-order valence-corrected chi connectivity index (χ2v) is 9.29. The second kappa shape index (κ2) is 12.3. The SMILES string of the molecule is O=C(CCl)O[C@H]1[C@H](O)[C@@H](COCc2ccccc2)O[C@@H](O)[C@@H]1NC(=O)OCC(Cl)(Cl)Cl. The van der Waals surface area contributed by atoms with Crippen molar-refractivity contribution < 1.29 is 38.7 Å². The molecule has 1 saturated heterocycles. The zero-order valence-electron chi connectivity index (χ0n) is 16.0. The zero-order valence-corrected chi connectivity index (χ0v) is 19.0. The first-order chi connectivity index (χ1) is 14.6. The fourth-order valence-corrected chi connectivity index (χ4v) is 2.97. The summed E-state index contributed by atoms with van der Waals surface area (Å²) in [6.45, 7) is -0.495. The number of alkyl carbamates (subject to hydrolysis) is 1. The highest BCUT2D eigenvalue weighted by Gasteiger charge is 2.48. The highest BCUT2D eigenvalue weighted by molar-refractivity contribution is 6.67. The lowest BCUT2D eigenvalue weighted by Crippen LogP contribution is -2.65. The molecule has 1 heterocycles. The number of carbonyl (C=O) groups excluding carboxylic acids is 2. The molecule has 2 rings (SSSR count). The van der Waals surface area contributed by atoms with E-state index in [1.54, 1.807) is 0 Å². The van der Waals surface area contributed by atoms with Gasteiger partial charge in [-0.3, -0.25) is 4.79 Å². The molecule has 13 heteroatoms. The lowest BCUT2D eigenvalue weighted by molar-refractivity contribution is -0.260. The highest BCUT2D eigenvalue weighted by Crippen LogP contribution is 2.27. The predicted molar refractivity (Wildman–Crippen MR) is 112 cm³/mol. The van der Waals surface area contributed by atoms with Crippen LogP contribution in [0.2, 0.25) is 0 Å². The van der Waals surface area contributed by atoms with Gasteiger partial charge in [-0.2, -0.15) is 0 Å². The van der Waals surface area contributed by atoms with Crippen LogP contribution in [0.25, 0.3) is 0 Å². The zero-order chi connectivity index (χ0) is 23.0. The third-order valence-corrected chi connectivity index (χ3v) is 4.66. The van der Waals surface area contributed by atoms with E-state index in [1.807, 2.05) is 30.3 Å². The van der Waals surface area contributed by atoms with Crippen LogP contribution in [-0.2, 0) is 30.3 Å². The highest BCUT2D eigenvalue weighted by atomic mass is 35.6. The fraction of sp³-hybridized carbons (Fsp3) is 0.556. The van der Waals surface area contributed by atoms with Crippen LogP contribution in [-0.4, -0.2) is 75.8 Å². The predicted octanol–water partition coefficient (Wildman–Crippen LogP) is 1.90. The van der Waals surface area contributed by atoms with E-state index in [2.05, 4.69) is 5.32 Å². The van der Waals surface area contributed by atoms with Gasteiger partial charge in [0.1, 0.15) is 30.7 Å². The maximum atomic E-state index is 12.0. The van der Waals surface area contributed by atoms with Crippen molar-refractivity contribution in [3.8, 4) is 0 Å². The van der Waals surface area contributed by atoms with E-state index >= 15 is 0 Å². The number of benzene rings is 1. The first kappa shape index (κ1) is 26.2. The van der Waals surface area contributed by atoms with E-state index in [0.29, 0.717) is 0 Å². The number of ether oxygens (including phenoxy) is 4. The number of rotatable bonds is 8. The largest absolute Gasteiger partial charge is 0.456 e. The average Bonchev–Trinajstić information content (AvgIpc) is 2.72. The van der Waals surface area contributed by atoms with E-state index < -0.39 is 59.0 Å². The first-order valence-corrected chi connectivity index (χ1v) is 10.7. The number of nitrogens with one attached hydrogen (secondary N) is 1. The van der Waals surface area contributed by atoms with Crippen molar-refractivity contribution in [2.24, 2.45) is 0 Å². The Hall–Kier alpha value is -1.04. The number of aliphatic hydroxyl groups excluding tert-OH is 2. The monoisotopic (exact) mass is 519 g/mol. The molecule has 3 N–H and O–H groups in total. The molecule has 0 aliphatic carbocycles. The Morgan fingerprint density at radius 1 is 1.16 bits per heavy atom. The molecule has 1 aliphatic rings. The minimum absolute atomic E-state index is 0.132. The third kappa shape index (κ3) is 8.78. The number of aliphatic hydroxyl groups is 2. The van der Waals surface area contributed by atoms with Gasteiger partial charge in [0.25, 0.3) is 0 Å². The topological polar surface area (TPSA) is 124 Å². The minimum Gasteiger partial charge on any atom is -0.456 e. The Bertz CT molecular complexity index is 720. The van der Waals surface area contributed by atoms with Crippen molar-refractivity contribution in [1.82, 2.24) is 5.32 Å². The van der Waals surface area contributed by atoms with Gasteiger partial charge in [-0.1, -0.05) is 65.1 Å². The summed E-state index contributed by atoms with van der Waals surface area (Å²) in [7, 11) is 0. The Kier molecular flexibility index (Phi) is 10.4. The number of halogens is 4. The normalized spacial score (nSPS) is 26.2. The van der Waals surface area contributed by atoms with Gasteiger partial charge in [0.15, 0.2) is 12.4 Å². The standard InChI is InChI=1S/C18H21Cl4NO8/c19-6-12(24)31-15-13(23-17(27)29-9-18(20,21)22)16(26)30-11(14(15)25)8-28-7-10-4-2-1-3-5-10/h1-5,11,13-16,25-26H,6-9H2,(H,23,27)/t11-,13-,14-,15-,16-/m1/s1. The van der Waals surface area contributed by atoms with E-state index in [0.717, 1.165) is 5.56 Å². The third-order valence-electron chi connectivity index (χ3n) is 4.11. The van der Waals surface area contributed by atoms with Crippen molar-refractivity contribution in [3.05, 3.63) is 35.9 Å². The van der Waals surface area contributed by atoms with Crippen LogP contribution in [0, 0.1) is 0 Å². The molecule has 0 aromatic heterocycles. The molecule has 0 spiro atoms. The van der Waals surface area contributed by atoms with Crippen LogP contribution < -0.4 is 5.32 Å². The Labute approximate surface area is 198 Å². The lowest BCUT2D eigenvalue weighted by atomic mass is 9.97. The smallest absolute Gasteiger partial charge is 0.407 e. The summed E-state index contributed by atoms with van der Waals surface area (Å²) in [6.07, 6.45) is -6.73. The van der Waals surface area contributed by atoms with Crippen LogP contribution in [0.4, 0.5) is 4.79 Å². The molecule has 0 radical (unpaired) electrons. The van der Waals surface area contributed by atoms with Crippen LogP contribution >= 0.6 is 46.4 Å². The van der Waals surface area contributed by atoms with Gasteiger partial charge in [0.05, 0.1) is 13.2 Å². The molecule has 0 unspecified atom stereocenters. The quantitative estimate of drug-likeness (QED) is 0.350. The van der Waals surface area contributed by atoms with Crippen molar-refractivity contribution in [1.29, 1.82) is 0 Å². The number of esters is 1. The van der Waals surface area contributed by atoms with Gasteiger partial charge in [-0.15, -0.1) is 11.6 Å². The van der Waals surface area contributed by atoms with E-state index in [1.165, 1.54) is 0 Å². The molecule has 9 nitrogen and oxygen atoms in total. The van der Waals surface area contributed by atoms with Gasteiger partial charge in [-0.05, 0) is 5.56 Å². The number of carbonyl (C=O) groups is 2. The Morgan fingerprint density at radius 2 is 1.84 bits per heavy atom. The second-order valence-electron chi connectivity index (χ2n) is 6.51. The molecule has 1 fully saturated rings. The summed E-state index contributed by atoms with van der Waals surface area (Å²) in [5, 5.41) is 23.2. The molecule has 1 aromatic carbocycles. The van der Waals surface area contributed by atoms with Gasteiger partial charge < -0.3 is 34.5 Å². The first-order valence-electron chi connectivity index (χ1n) is 8.99. The summed E-state index contributed by atoms with van der Waals surface area (Å²) >= 11 is 22.0. The van der Waals surface area contributed by atoms with Crippen molar-refractivity contribution in [3.63, 3.8) is 0 Å². The summed E-state index contributed by atoms with van der Waals surface area (Å²) < 4.78 is 18.9. The van der Waals surface area contributed by atoms with Gasteiger partial charge >= 0.3 is 12.1 Å². The minimum atomic E-state index is -1.86. The lowest BCUT2D eigenvalue weighted by Gasteiger charge is -2.42. The number of hydrogen-bond acceptors (Lipinski definition) is 8. The van der Waals surface area contributed by atoms with Crippen LogP contribution in [0.3, 0.4) is 0 Å². The maximum absolute atomic E-state index is 12.0. The molecule has 0 bridgehead atoms. The molecule has 1 aromatic rings. The summed E-state index contributed by atoms with van der Waals surface area (Å²) in [5.41, 5.74) is 0.884. The number of hydrogen-bond donors (Lipinski definition) is 3. The molecule has 31 heavy (non-hydrogen) atoms. The van der Waals surface area contributed by atoms with Crippen LogP contribution in [0.15, 0.2) is 30.3 Å². The summed E-state index contributed by atoms with van der Waals surface area (Å²) in [4.78, 5) is 23.7. The molecule has 0 saturated carbocycles. The summed E-state index contributed by atoms with van der Waals surface area (Å²) in [5.74, 6) is -1.40. The van der Waals surface area contributed by atoms with Crippen molar-refractivity contribution in [2.45, 2.75) is 41.0 Å².